The van der Waals surface area contributed by atoms with Crippen molar-refractivity contribution in [3.8, 4) is 5.75 Å². The second-order valence-electron chi connectivity index (χ2n) is 6.19. The topological polar surface area (TPSA) is 42.8 Å². The zero-order chi connectivity index (χ0) is 18.1. The molecule has 132 valence electrons. The maximum Gasteiger partial charge on any atom is 0.278 e. The number of benzene rings is 2. The standard InChI is InChI=1S/C21H26N2O2/c1-4-14-25-20-12-10-19(11-13-20)16-23(3)17(2)21(24)22-15-18-8-6-5-7-9-18/h4-13,17H,1,14-16H2,2-3H3,(H,22,24)/p+1/t17-/m1/s1. The first-order chi connectivity index (χ1) is 12.1. The van der Waals surface area contributed by atoms with Gasteiger partial charge in [0.1, 0.15) is 18.9 Å². The molecule has 0 saturated carbocycles. The summed E-state index contributed by atoms with van der Waals surface area (Å²) in [6, 6.07) is 17.8. The number of rotatable bonds is 9. The number of carbonyl (C=O) groups is 1. The van der Waals surface area contributed by atoms with E-state index in [0.717, 1.165) is 22.8 Å². The number of hydrogen-bond donors (Lipinski definition) is 2. The Morgan fingerprint density at radius 1 is 1.16 bits per heavy atom. The molecule has 0 saturated heterocycles. The second-order valence-corrected chi connectivity index (χ2v) is 6.19. The Bertz CT molecular complexity index is 668. The number of quaternary nitrogens is 1. The fourth-order valence-electron chi connectivity index (χ4n) is 2.50. The summed E-state index contributed by atoms with van der Waals surface area (Å²) < 4.78 is 5.49. The molecule has 0 aliphatic carbocycles. The summed E-state index contributed by atoms with van der Waals surface area (Å²) in [4.78, 5) is 13.5. The maximum atomic E-state index is 12.4. The highest BCUT2D eigenvalue weighted by Crippen LogP contribution is 2.11. The molecule has 2 rings (SSSR count). The third kappa shape index (κ3) is 6.08. The molecule has 0 aliphatic rings. The quantitative estimate of drug-likeness (QED) is 0.686. The van der Waals surface area contributed by atoms with Gasteiger partial charge in [0.25, 0.3) is 5.91 Å². The van der Waals surface area contributed by atoms with Crippen LogP contribution < -0.4 is 15.0 Å². The van der Waals surface area contributed by atoms with Gasteiger partial charge in [0.05, 0.1) is 7.05 Å². The van der Waals surface area contributed by atoms with Gasteiger partial charge in [-0.15, -0.1) is 0 Å². The van der Waals surface area contributed by atoms with Crippen LogP contribution in [-0.4, -0.2) is 25.6 Å². The molecule has 1 amide bonds. The van der Waals surface area contributed by atoms with Crippen molar-refractivity contribution in [1.82, 2.24) is 5.32 Å². The van der Waals surface area contributed by atoms with Crippen LogP contribution in [0.15, 0.2) is 67.3 Å². The lowest BCUT2D eigenvalue weighted by Gasteiger charge is -2.21. The lowest BCUT2D eigenvalue weighted by molar-refractivity contribution is -0.908. The van der Waals surface area contributed by atoms with Gasteiger partial charge in [-0.25, -0.2) is 0 Å². The largest absolute Gasteiger partial charge is 0.490 e. The van der Waals surface area contributed by atoms with Crippen LogP contribution in [0.1, 0.15) is 18.1 Å². The van der Waals surface area contributed by atoms with E-state index in [4.69, 9.17) is 4.74 Å². The molecule has 4 heteroatoms. The van der Waals surface area contributed by atoms with Gasteiger partial charge in [-0.1, -0.05) is 43.0 Å². The van der Waals surface area contributed by atoms with Gasteiger partial charge in [-0.2, -0.15) is 0 Å². The molecule has 0 aromatic heterocycles. The van der Waals surface area contributed by atoms with Crippen LogP contribution in [0.5, 0.6) is 5.75 Å². The predicted molar refractivity (Wildman–Crippen MR) is 100 cm³/mol. The van der Waals surface area contributed by atoms with E-state index < -0.39 is 0 Å². The summed E-state index contributed by atoms with van der Waals surface area (Å²) in [6.45, 7) is 7.44. The zero-order valence-corrected chi connectivity index (χ0v) is 15.0. The average Bonchev–Trinajstić information content (AvgIpc) is 2.65. The molecule has 2 aromatic rings. The minimum absolute atomic E-state index is 0.0623. The molecule has 25 heavy (non-hydrogen) atoms. The zero-order valence-electron chi connectivity index (χ0n) is 15.0. The molecule has 0 spiro atoms. The third-order valence-corrected chi connectivity index (χ3v) is 4.22. The fourth-order valence-corrected chi connectivity index (χ4v) is 2.50. The van der Waals surface area contributed by atoms with Crippen molar-refractivity contribution < 1.29 is 14.4 Å². The maximum absolute atomic E-state index is 12.4. The summed E-state index contributed by atoms with van der Waals surface area (Å²) in [5.74, 6) is 0.891. The SMILES string of the molecule is C=CCOc1ccc(C[NH+](C)[C@H](C)C(=O)NCc2ccccc2)cc1. The van der Waals surface area contributed by atoms with Crippen LogP contribution in [0.25, 0.3) is 0 Å². The number of nitrogens with one attached hydrogen (secondary N) is 2. The van der Waals surface area contributed by atoms with Gasteiger partial charge >= 0.3 is 0 Å². The number of ether oxygens (including phenoxy) is 1. The number of carbonyl (C=O) groups excluding carboxylic acids is 1. The highest BCUT2D eigenvalue weighted by Gasteiger charge is 2.21. The van der Waals surface area contributed by atoms with Gasteiger partial charge in [0, 0.05) is 12.1 Å². The van der Waals surface area contributed by atoms with E-state index >= 15 is 0 Å². The minimum atomic E-state index is -0.125. The van der Waals surface area contributed by atoms with E-state index in [1.54, 1.807) is 6.08 Å². The van der Waals surface area contributed by atoms with E-state index in [2.05, 4.69) is 11.9 Å². The first-order valence-corrected chi connectivity index (χ1v) is 8.56. The summed E-state index contributed by atoms with van der Waals surface area (Å²) in [5.41, 5.74) is 2.28. The van der Waals surface area contributed by atoms with Crippen molar-refractivity contribution in [1.29, 1.82) is 0 Å². The van der Waals surface area contributed by atoms with Gasteiger partial charge in [0.15, 0.2) is 6.04 Å². The Hall–Kier alpha value is -2.59. The highest BCUT2D eigenvalue weighted by molar-refractivity contribution is 5.79. The van der Waals surface area contributed by atoms with Gasteiger partial charge in [0.2, 0.25) is 0 Å². The summed E-state index contributed by atoms with van der Waals surface area (Å²) in [6.07, 6.45) is 1.72. The molecule has 0 aliphatic heterocycles. The van der Waals surface area contributed by atoms with Crippen molar-refractivity contribution in [3.05, 3.63) is 78.4 Å². The molecular formula is C21H27N2O2+. The molecule has 2 aromatic carbocycles. The molecule has 2 atom stereocenters. The van der Waals surface area contributed by atoms with E-state index in [1.807, 2.05) is 68.6 Å². The van der Waals surface area contributed by atoms with Crippen LogP contribution in [0.3, 0.4) is 0 Å². The summed E-state index contributed by atoms with van der Waals surface area (Å²) in [7, 11) is 2.04. The molecule has 4 nitrogen and oxygen atoms in total. The van der Waals surface area contributed by atoms with Crippen LogP contribution in [0, 0.1) is 0 Å². The van der Waals surface area contributed by atoms with Crippen LogP contribution in [0.4, 0.5) is 0 Å². The lowest BCUT2D eigenvalue weighted by atomic mass is 10.1. The smallest absolute Gasteiger partial charge is 0.278 e. The van der Waals surface area contributed by atoms with E-state index in [0.29, 0.717) is 13.2 Å². The molecular weight excluding hydrogens is 312 g/mol. The normalized spacial score (nSPS) is 12.9. The lowest BCUT2D eigenvalue weighted by Crippen LogP contribution is -3.12. The Morgan fingerprint density at radius 3 is 2.48 bits per heavy atom. The predicted octanol–water partition coefficient (Wildman–Crippen LogP) is 1.97. The monoisotopic (exact) mass is 339 g/mol. The molecule has 0 bridgehead atoms. The summed E-state index contributed by atoms with van der Waals surface area (Å²) >= 11 is 0. The highest BCUT2D eigenvalue weighted by atomic mass is 16.5. The number of amides is 1. The third-order valence-electron chi connectivity index (χ3n) is 4.22. The van der Waals surface area contributed by atoms with E-state index in [9.17, 15) is 4.79 Å². The van der Waals surface area contributed by atoms with Crippen molar-refractivity contribution in [2.45, 2.75) is 26.1 Å². The Balaban J connectivity index is 1.83. The first kappa shape index (κ1) is 18.7. The molecule has 2 N–H and O–H groups in total. The average molecular weight is 339 g/mol. The van der Waals surface area contributed by atoms with Crippen LogP contribution in [0.2, 0.25) is 0 Å². The summed E-state index contributed by atoms with van der Waals surface area (Å²) in [5, 5.41) is 3.01. The van der Waals surface area contributed by atoms with Crippen molar-refractivity contribution in [2.75, 3.05) is 13.7 Å². The van der Waals surface area contributed by atoms with Crippen molar-refractivity contribution in [3.63, 3.8) is 0 Å². The molecule has 0 fully saturated rings. The van der Waals surface area contributed by atoms with Crippen molar-refractivity contribution in [2.24, 2.45) is 0 Å². The molecule has 0 radical (unpaired) electrons. The fraction of sp³-hybridized carbons (Fsp3) is 0.286. The molecule has 1 unspecified atom stereocenters. The van der Waals surface area contributed by atoms with E-state index in [1.165, 1.54) is 5.56 Å². The van der Waals surface area contributed by atoms with Gasteiger partial charge in [-0.3, -0.25) is 4.79 Å². The van der Waals surface area contributed by atoms with Crippen LogP contribution in [-0.2, 0) is 17.9 Å². The Kier molecular flexibility index (Phi) is 7.23. The van der Waals surface area contributed by atoms with E-state index in [-0.39, 0.29) is 11.9 Å². The second kappa shape index (κ2) is 9.64. The van der Waals surface area contributed by atoms with Crippen LogP contribution >= 0.6 is 0 Å². The van der Waals surface area contributed by atoms with Gasteiger partial charge in [-0.05, 0) is 36.8 Å². The number of hydrogen-bond acceptors (Lipinski definition) is 2. The minimum Gasteiger partial charge on any atom is -0.490 e. The van der Waals surface area contributed by atoms with Gasteiger partial charge < -0.3 is 15.0 Å². The Labute approximate surface area is 150 Å². The first-order valence-electron chi connectivity index (χ1n) is 8.56. The number of likely N-dealkylation sites (N-methyl/N-ethyl adjacent to an activating group) is 1. The van der Waals surface area contributed by atoms with Crippen molar-refractivity contribution >= 4 is 5.91 Å². The Morgan fingerprint density at radius 2 is 1.84 bits per heavy atom. The molecule has 0 heterocycles.